The first-order chi connectivity index (χ1) is 18.2. The Balaban J connectivity index is 1.26. The lowest BCUT2D eigenvalue weighted by Gasteiger charge is -2.22. The maximum Gasteiger partial charge on any atom is 0.181 e. The fourth-order valence-electron chi connectivity index (χ4n) is 5.18. The minimum Gasteiger partial charge on any atom is -0.336 e. The van der Waals surface area contributed by atoms with E-state index in [0.717, 1.165) is 64.3 Å². The van der Waals surface area contributed by atoms with Gasteiger partial charge in [-0.2, -0.15) is 5.10 Å². The van der Waals surface area contributed by atoms with E-state index in [1.807, 2.05) is 42.3 Å². The first-order valence-electron chi connectivity index (χ1n) is 12.6. The van der Waals surface area contributed by atoms with Gasteiger partial charge in [0, 0.05) is 42.1 Å². The van der Waals surface area contributed by atoms with Gasteiger partial charge in [0.2, 0.25) is 0 Å². The van der Waals surface area contributed by atoms with Crippen LogP contribution in [0.15, 0.2) is 55.5 Å². The number of aromatic amines is 2. The molecule has 0 spiro atoms. The third-order valence-corrected chi connectivity index (χ3v) is 7.10. The van der Waals surface area contributed by atoms with E-state index in [1.54, 1.807) is 12.5 Å². The summed E-state index contributed by atoms with van der Waals surface area (Å²) in [7, 11) is 0. The molecule has 0 amide bonds. The highest BCUT2D eigenvalue weighted by atomic mass is 15.2. The summed E-state index contributed by atoms with van der Waals surface area (Å²) in [6.07, 6.45) is 14.7. The van der Waals surface area contributed by atoms with Gasteiger partial charge >= 0.3 is 0 Å². The average molecular weight is 491 g/mol. The number of hydrogen-bond donors (Lipinski definition) is 3. The minimum atomic E-state index is 0.640. The van der Waals surface area contributed by atoms with Crippen molar-refractivity contribution in [2.75, 3.05) is 13.1 Å². The van der Waals surface area contributed by atoms with Crippen molar-refractivity contribution in [1.82, 2.24) is 50.0 Å². The molecule has 0 aromatic carbocycles. The zero-order valence-corrected chi connectivity index (χ0v) is 20.4. The van der Waals surface area contributed by atoms with E-state index in [0.29, 0.717) is 17.4 Å². The monoisotopic (exact) mass is 490 g/mol. The zero-order valence-electron chi connectivity index (χ0n) is 20.4. The Morgan fingerprint density at radius 3 is 2.78 bits per heavy atom. The Hall–Kier alpha value is -4.44. The van der Waals surface area contributed by atoms with E-state index in [1.165, 1.54) is 18.4 Å². The number of aryl methyl sites for hydroxylation is 1. The summed E-state index contributed by atoms with van der Waals surface area (Å²) in [6.45, 7) is 4.15. The molecular weight excluding hydrogens is 464 g/mol. The molecule has 6 aromatic rings. The summed E-state index contributed by atoms with van der Waals surface area (Å²) >= 11 is 0. The lowest BCUT2D eigenvalue weighted by Crippen LogP contribution is -2.28. The second-order valence-corrected chi connectivity index (χ2v) is 9.71. The van der Waals surface area contributed by atoms with Crippen LogP contribution in [0.4, 0.5) is 0 Å². The second kappa shape index (κ2) is 8.90. The highest BCUT2D eigenvalue weighted by molar-refractivity contribution is 5.94. The van der Waals surface area contributed by atoms with Gasteiger partial charge in [-0.25, -0.2) is 19.9 Å². The molecule has 0 atom stereocenters. The van der Waals surface area contributed by atoms with Gasteiger partial charge in [-0.1, -0.05) is 0 Å². The first-order valence-corrected chi connectivity index (χ1v) is 12.6. The molecule has 184 valence electrons. The standard InChI is InChI=1S/C27H26N10/c1-16-14-37(15-32-16)27-24-22(4-7-30-27)33-26(34-24)23-21-10-20(13-31-25(21)36-35-23)19-9-18(11-29-12-19)8-17-2-5-28-6-3-17/h4,7,9-15,17,28H,2-3,5-6,8H2,1H3,(H,33,34)(H,31,35,36). The van der Waals surface area contributed by atoms with Crippen LogP contribution in [0.1, 0.15) is 24.1 Å². The second-order valence-electron chi connectivity index (χ2n) is 9.71. The van der Waals surface area contributed by atoms with Crippen molar-refractivity contribution in [1.29, 1.82) is 0 Å². The van der Waals surface area contributed by atoms with Crippen molar-refractivity contribution in [3.63, 3.8) is 0 Å². The average Bonchev–Trinajstić information content (AvgIpc) is 3.66. The summed E-state index contributed by atoms with van der Waals surface area (Å²) < 4.78 is 1.89. The number of fused-ring (bicyclic) bond motifs is 2. The Morgan fingerprint density at radius 1 is 1.03 bits per heavy atom. The number of imidazole rings is 2. The molecule has 3 N–H and O–H groups in total. The number of nitrogens with one attached hydrogen (secondary N) is 3. The van der Waals surface area contributed by atoms with E-state index < -0.39 is 0 Å². The number of rotatable bonds is 5. The Morgan fingerprint density at radius 2 is 1.92 bits per heavy atom. The highest BCUT2D eigenvalue weighted by Crippen LogP contribution is 2.30. The predicted molar refractivity (Wildman–Crippen MR) is 141 cm³/mol. The third-order valence-electron chi connectivity index (χ3n) is 7.10. The summed E-state index contributed by atoms with van der Waals surface area (Å²) in [6, 6.07) is 6.27. The molecule has 1 aliphatic rings. The molecule has 1 fully saturated rings. The van der Waals surface area contributed by atoms with Crippen molar-refractivity contribution in [2.24, 2.45) is 5.92 Å². The summed E-state index contributed by atoms with van der Waals surface area (Å²) in [4.78, 5) is 26.3. The summed E-state index contributed by atoms with van der Waals surface area (Å²) in [5.41, 5.74) is 7.31. The smallest absolute Gasteiger partial charge is 0.181 e. The quantitative estimate of drug-likeness (QED) is 0.333. The van der Waals surface area contributed by atoms with Crippen molar-refractivity contribution in [2.45, 2.75) is 26.2 Å². The van der Waals surface area contributed by atoms with E-state index in [4.69, 9.17) is 4.98 Å². The lowest BCUT2D eigenvalue weighted by atomic mass is 9.91. The zero-order chi connectivity index (χ0) is 24.8. The van der Waals surface area contributed by atoms with E-state index in [9.17, 15) is 0 Å². The first kappa shape index (κ1) is 21.8. The van der Waals surface area contributed by atoms with Crippen LogP contribution >= 0.6 is 0 Å². The summed E-state index contributed by atoms with van der Waals surface area (Å²) in [5, 5.41) is 11.9. The van der Waals surface area contributed by atoms with Crippen LogP contribution in [0.3, 0.4) is 0 Å². The van der Waals surface area contributed by atoms with Crippen LogP contribution in [0.25, 0.3) is 50.5 Å². The molecule has 0 aliphatic carbocycles. The van der Waals surface area contributed by atoms with Crippen molar-refractivity contribution >= 4 is 22.1 Å². The molecule has 10 nitrogen and oxygen atoms in total. The van der Waals surface area contributed by atoms with Gasteiger partial charge in [-0.3, -0.25) is 14.6 Å². The molecular formula is C27H26N10. The molecule has 0 unspecified atom stereocenters. The van der Waals surface area contributed by atoms with Gasteiger partial charge in [0.05, 0.1) is 16.6 Å². The Bertz CT molecular complexity index is 1720. The molecule has 7 rings (SSSR count). The van der Waals surface area contributed by atoms with Crippen molar-refractivity contribution in [3.05, 3.63) is 66.8 Å². The maximum atomic E-state index is 4.89. The largest absolute Gasteiger partial charge is 0.336 e. The van der Waals surface area contributed by atoms with Crippen LogP contribution in [0.2, 0.25) is 0 Å². The maximum absolute atomic E-state index is 4.89. The van der Waals surface area contributed by atoms with Crippen LogP contribution in [-0.2, 0) is 6.42 Å². The van der Waals surface area contributed by atoms with Crippen molar-refractivity contribution < 1.29 is 0 Å². The predicted octanol–water partition coefficient (Wildman–Crippen LogP) is 3.99. The van der Waals surface area contributed by atoms with Gasteiger partial charge in [0.15, 0.2) is 17.3 Å². The molecule has 1 saturated heterocycles. The topological polar surface area (TPSA) is 126 Å². The van der Waals surface area contributed by atoms with Crippen molar-refractivity contribution in [3.8, 4) is 28.5 Å². The number of aromatic nitrogens is 9. The fourth-order valence-corrected chi connectivity index (χ4v) is 5.18. The van der Waals surface area contributed by atoms with Gasteiger partial charge in [-0.15, -0.1) is 0 Å². The molecule has 0 radical (unpaired) electrons. The molecule has 37 heavy (non-hydrogen) atoms. The lowest BCUT2D eigenvalue weighted by molar-refractivity contribution is 0.372. The molecule has 1 aliphatic heterocycles. The van der Waals surface area contributed by atoms with Crippen LogP contribution in [0, 0.1) is 12.8 Å². The molecule has 0 saturated carbocycles. The number of H-pyrrole nitrogens is 2. The van der Waals surface area contributed by atoms with E-state index >= 15 is 0 Å². The SMILES string of the molecule is Cc1cn(-c2nccc3[nH]c(-c4[nH]nc5ncc(-c6cncc(CC7CCNCC7)c6)cc45)nc23)cn1. The van der Waals surface area contributed by atoms with Crippen LogP contribution < -0.4 is 5.32 Å². The molecule has 6 aromatic heterocycles. The van der Waals surface area contributed by atoms with Gasteiger partial charge < -0.3 is 10.3 Å². The number of pyridine rings is 3. The fraction of sp³-hybridized carbons (Fsp3) is 0.259. The Kier molecular flexibility index (Phi) is 5.24. The minimum absolute atomic E-state index is 0.640. The molecule has 0 bridgehead atoms. The molecule has 10 heteroatoms. The number of hydrogen-bond acceptors (Lipinski definition) is 7. The number of piperidine rings is 1. The van der Waals surface area contributed by atoms with Gasteiger partial charge in [-0.05, 0) is 69.0 Å². The Labute approximate surface area is 212 Å². The van der Waals surface area contributed by atoms with Gasteiger partial charge in [0.25, 0.3) is 0 Å². The van der Waals surface area contributed by atoms with Crippen LogP contribution in [0.5, 0.6) is 0 Å². The normalized spacial score (nSPS) is 14.6. The number of nitrogens with zero attached hydrogens (tertiary/aromatic N) is 7. The highest BCUT2D eigenvalue weighted by Gasteiger charge is 2.18. The van der Waals surface area contributed by atoms with E-state index in [-0.39, 0.29) is 0 Å². The van der Waals surface area contributed by atoms with Crippen LogP contribution in [-0.4, -0.2) is 57.8 Å². The summed E-state index contributed by atoms with van der Waals surface area (Å²) in [5.74, 6) is 2.11. The van der Waals surface area contributed by atoms with Gasteiger partial charge in [0.1, 0.15) is 17.5 Å². The molecule has 7 heterocycles. The third kappa shape index (κ3) is 4.05. The van der Waals surface area contributed by atoms with E-state index in [2.05, 4.69) is 52.6 Å².